The Labute approximate surface area is 220 Å². The van der Waals surface area contributed by atoms with Gasteiger partial charge in [-0.2, -0.15) is 14.1 Å². The molecule has 2 fully saturated rings. The molecule has 0 atom stereocenters. The summed E-state index contributed by atoms with van der Waals surface area (Å²) in [7, 11) is -3.51. The Hall–Kier alpha value is -3.31. The summed E-state index contributed by atoms with van der Waals surface area (Å²) in [6.07, 6.45) is 6.01. The van der Waals surface area contributed by atoms with E-state index >= 15 is 0 Å². The van der Waals surface area contributed by atoms with Crippen molar-refractivity contribution >= 4 is 15.7 Å². The van der Waals surface area contributed by atoms with Crippen LogP contribution in [0.15, 0.2) is 59.5 Å². The zero-order valence-electron chi connectivity index (χ0n) is 20.9. The first-order valence-corrected chi connectivity index (χ1v) is 14.4. The zero-order chi connectivity index (χ0) is 26.7. The molecule has 38 heavy (non-hydrogen) atoms. The molecule has 1 aromatic heterocycles. The lowest BCUT2D eigenvalue weighted by molar-refractivity contribution is 0.152. The van der Waals surface area contributed by atoms with Gasteiger partial charge in [-0.25, -0.2) is 17.2 Å². The average molecular weight is 545 g/mol. The van der Waals surface area contributed by atoms with Crippen molar-refractivity contribution in [2.24, 2.45) is 0 Å². The number of hydrogen-bond acceptors (Lipinski definition) is 6. The molecule has 2 heterocycles. The number of rotatable bonds is 7. The number of halogens is 2. The molecule has 1 saturated carbocycles. The Kier molecular flexibility index (Phi) is 7.75. The van der Waals surface area contributed by atoms with Gasteiger partial charge in [-0.15, -0.1) is 0 Å². The number of sulfonamides is 1. The fraction of sp³-hybridized carbons (Fsp3) is 0.407. The van der Waals surface area contributed by atoms with Gasteiger partial charge in [-0.3, -0.25) is 4.79 Å². The molecule has 1 saturated heterocycles. The largest absolute Gasteiger partial charge is 0.483 e. The first-order chi connectivity index (χ1) is 18.3. The summed E-state index contributed by atoms with van der Waals surface area (Å²) in [6, 6.07) is 11.8. The predicted octanol–water partition coefficient (Wildman–Crippen LogP) is 3.87. The Balaban J connectivity index is 1.40. The molecule has 0 amide bonds. The molecule has 5 rings (SSSR count). The summed E-state index contributed by atoms with van der Waals surface area (Å²) >= 11 is 0. The highest BCUT2D eigenvalue weighted by Gasteiger charge is 2.30. The monoisotopic (exact) mass is 544 g/mol. The van der Waals surface area contributed by atoms with E-state index in [9.17, 15) is 22.0 Å². The van der Waals surface area contributed by atoms with Crippen LogP contribution >= 0.6 is 0 Å². The summed E-state index contributed by atoms with van der Waals surface area (Å²) in [4.78, 5) is 15.4. The third kappa shape index (κ3) is 5.88. The molecule has 1 aliphatic heterocycles. The number of aromatic nitrogens is 2. The van der Waals surface area contributed by atoms with Crippen molar-refractivity contribution in [2.45, 2.75) is 44.0 Å². The average Bonchev–Trinajstić information content (AvgIpc) is 2.90. The second-order valence-electron chi connectivity index (χ2n) is 9.71. The molecule has 8 nitrogen and oxygen atoms in total. The van der Waals surface area contributed by atoms with Gasteiger partial charge in [0.05, 0.1) is 23.7 Å². The van der Waals surface area contributed by atoms with Crippen molar-refractivity contribution in [3.63, 3.8) is 0 Å². The Bertz CT molecular complexity index is 1410. The van der Waals surface area contributed by atoms with Crippen molar-refractivity contribution in [2.75, 3.05) is 31.1 Å². The summed E-state index contributed by atoms with van der Waals surface area (Å²) in [5.41, 5.74) is 0.523. The smallest absolute Gasteiger partial charge is 0.316 e. The minimum Gasteiger partial charge on any atom is -0.483 e. The minimum absolute atomic E-state index is 0.0376. The first kappa shape index (κ1) is 26.3. The van der Waals surface area contributed by atoms with Gasteiger partial charge in [-0.1, -0.05) is 36.8 Å². The Morgan fingerprint density at radius 3 is 2.24 bits per heavy atom. The maximum atomic E-state index is 13.9. The number of nitrogens with zero attached hydrogens (tertiary/aromatic N) is 4. The van der Waals surface area contributed by atoms with Crippen molar-refractivity contribution < 1.29 is 21.9 Å². The summed E-state index contributed by atoms with van der Waals surface area (Å²) in [5, 5.41) is 4.20. The lowest BCUT2D eigenvalue weighted by atomic mass is 9.98. The van der Waals surface area contributed by atoms with Crippen LogP contribution in [0, 0.1) is 11.6 Å². The highest BCUT2D eigenvalue weighted by atomic mass is 32.2. The van der Waals surface area contributed by atoms with Gasteiger partial charge in [0.15, 0.2) is 0 Å². The molecule has 1 aliphatic carbocycles. The molecule has 3 aromatic rings. The van der Waals surface area contributed by atoms with E-state index in [2.05, 4.69) is 5.10 Å². The quantitative estimate of drug-likeness (QED) is 0.449. The standard InChI is InChI=1S/C27H30F2N4O4S/c28-21-15-22(29)17-23(16-21)33-27(34)26(37-24-9-5-2-6-10-24)25(18-30-33)31-11-13-32(14-12-31)38(35,36)19-20-7-3-1-4-8-20/h1,3-4,7-8,15-18,24H,2,5-6,9-14,19H2. The molecule has 2 aliphatic rings. The molecular weight excluding hydrogens is 514 g/mol. The van der Waals surface area contributed by atoms with Crippen LogP contribution in [-0.2, 0) is 15.8 Å². The second-order valence-corrected chi connectivity index (χ2v) is 11.7. The molecule has 202 valence electrons. The van der Waals surface area contributed by atoms with Crippen LogP contribution in [0.1, 0.15) is 37.7 Å². The minimum atomic E-state index is -3.51. The molecule has 11 heteroatoms. The molecule has 0 spiro atoms. The van der Waals surface area contributed by atoms with Gasteiger partial charge in [-0.05, 0) is 43.4 Å². The van der Waals surface area contributed by atoms with E-state index in [-0.39, 0.29) is 36.4 Å². The summed E-state index contributed by atoms with van der Waals surface area (Å²) in [6.45, 7) is 1.18. The second kappa shape index (κ2) is 11.2. The number of benzene rings is 2. The van der Waals surface area contributed by atoms with E-state index in [1.165, 1.54) is 10.5 Å². The van der Waals surface area contributed by atoms with E-state index in [0.717, 1.165) is 60.5 Å². The van der Waals surface area contributed by atoms with Crippen LogP contribution < -0.4 is 15.2 Å². The molecule has 0 radical (unpaired) electrons. The number of piperazine rings is 1. The fourth-order valence-corrected chi connectivity index (χ4v) is 6.56. The van der Waals surface area contributed by atoms with Gasteiger partial charge >= 0.3 is 5.56 Å². The first-order valence-electron chi connectivity index (χ1n) is 12.8. The van der Waals surface area contributed by atoms with Crippen molar-refractivity contribution in [3.05, 3.63) is 82.3 Å². The Morgan fingerprint density at radius 2 is 1.58 bits per heavy atom. The summed E-state index contributed by atoms with van der Waals surface area (Å²) < 4.78 is 62.4. The SMILES string of the molecule is O=c1c(OC2CCCCC2)c(N2CCN(S(=O)(=O)Cc3ccccc3)CC2)cnn1-c1cc(F)cc(F)c1. The number of hydrogen-bond donors (Lipinski definition) is 0. The molecule has 2 aromatic carbocycles. The van der Waals surface area contributed by atoms with Gasteiger partial charge in [0.1, 0.15) is 17.3 Å². The zero-order valence-corrected chi connectivity index (χ0v) is 21.7. The van der Waals surface area contributed by atoms with E-state index in [1.54, 1.807) is 12.1 Å². The van der Waals surface area contributed by atoms with Gasteiger partial charge in [0.25, 0.3) is 0 Å². The van der Waals surface area contributed by atoms with Crippen molar-refractivity contribution in [3.8, 4) is 11.4 Å². The molecule has 0 unspecified atom stereocenters. The van der Waals surface area contributed by atoms with Crippen LogP contribution in [0.25, 0.3) is 5.69 Å². The van der Waals surface area contributed by atoms with Crippen LogP contribution in [0.5, 0.6) is 5.75 Å². The van der Waals surface area contributed by atoms with Crippen LogP contribution in [0.4, 0.5) is 14.5 Å². The molecule has 0 N–H and O–H groups in total. The van der Waals surface area contributed by atoms with E-state index < -0.39 is 27.2 Å². The number of anilines is 1. The van der Waals surface area contributed by atoms with Gasteiger partial charge < -0.3 is 9.64 Å². The molecule has 0 bridgehead atoms. The topological polar surface area (TPSA) is 84.7 Å². The predicted molar refractivity (Wildman–Crippen MR) is 140 cm³/mol. The van der Waals surface area contributed by atoms with Crippen molar-refractivity contribution in [1.82, 2.24) is 14.1 Å². The van der Waals surface area contributed by atoms with Crippen LogP contribution in [-0.4, -0.2) is 54.8 Å². The van der Waals surface area contributed by atoms with Gasteiger partial charge in [0.2, 0.25) is 15.8 Å². The lowest BCUT2D eigenvalue weighted by Gasteiger charge is -2.36. The highest BCUT2D eigenvalue weighted by Crippen LogP contribution is 2.30. The van der Waals surface area contributed by atoms with E-state index in [1.807, 2.05) is 23.1 Å². The highest BCUT2D eigenvalue weighted by molar-refractivity contribution is 7.88. The van der Waals surface area contributed by atoms with Gasteiger partial charge in [0, 0.05) is 32.2 Å². The third-order valence-electron chi connectivity index (χ3n) is 7.01. The van der Waals surface area contributed by atoms with Crippen LogP contribution in [0.3, 0.4) is 0 Å². The number of ether oxygens (including phenoxy) is 1. The Morgan fingerprint density at radius 1 is 0.921 bits per heavy atom. The third-order valence-corrected chi connectivity index (χ3v) is 8.86. The summed E-state index contributed by atoms with van der Waals surface area (Å²) in [5.74, 6) is -1.65. The molecular formula is C27H30F2N4O4S. The maximum absolute atomic E-state index is 13.9. The fourth-order valence-electron chi connectivity index (χ4n) is 5.04. The van der Waals surface area contributed by atoms with E-state index in [0.29, 0.717) is 18.8 Å². The normalized spacial score (nSPS) is 17.5. The maximum Gasteiger partial charge on any atom is 0.316 e. The van der Waals surface area contributed by atoms with E-state index in [4.69, 9.17) is 4.74 Å². The lowest BCUT2D eigenvalue weighted by Crippen LogP contribution is -2.49. The van der Waals surface area contributed by atoms with Crippen LogP contribution in [0.2, 0.25) is 0 Å². The van der Waals surface area contributed by atoms with Crippen molar-refractivity contribution in [1.29, 1.82) is 0 Å².